The topological polar surface area (TPSA) is 82.1 Å². The number of carbonyl (C=O) groups is 2. The molecule has 0 amide bonds. The molecule has 0 spiro atoms. The van der Waals surface area contributed by atoms with Crippen LogP contribution in [-0.4, -0.2) is 42.1 Å². The van der Waals surface area contributed by atoms with Gasteiger partial charge in [0.25, 0.3) is 0 Å². The minimum absolute atomic E-state index is 0.0128. The quantitative estimate of drug-likeness (QED) is 0.400. The van der Waals surface area contributed by atoms with Gasteiger partial charge in [-0.15, -0.1) is 0 Å². The maximum atomic E-state index is 11.6. The molecule has 0 aromatic carbocycles. The molecule has 0 aromatic heterocycles. The molecule has 0 heterocycles. The largest absolute Gasteiger partial charge is 0.481 e. The third-order valence-electron chi connectivity index (χ3n) is 4.08. The summed E-state index contributed by atoms with van der Waals surface area (Å²) in [5.41, 5.74) is -0.454. The van der Waals surface area contributed by atoms with E-state index < -0.39 is 17.5 Å². The number of ether oxygens (including phenoxy) is 3. The molecule has 1 rings (SSSR count). The van der Waals surface area contributed by atoms with Crippen LogP contribution < -0.4 is 0 Å². The molecule has 1 fully saturated rings. The maximum Gasteiger partial charge on any atom is 0.309 e. The fraction of sp³-hybridized carbons (Fsp3) is 0.875. The SMILES string of the molecule is CCC(C)(C)OC(=O)CCOCOC1CCCCC1C(=O)O. The van der Waals surface area contributed by atoms with Crippen LogP contribution in [0.4, 0.5) is 0 Å². The smallest absolute Gasteiger partial charge is 0.309 e. The van der Waals surface area contributed by atoms with Crippen LogP contribution >= 0.6 is 0 Å². The second-order valence-corrected chi connectivity index (χ2v) is 6.30. The first kappa shape index (κ1) is 18.9. The van der Waals surface area contributed by atoms with Gasteiger partial charge < -0.3 is 19.3 Å². The average molecular weight is 316 g/mol. The summed E-state index contributed by atoms with van der Waals surface area (Å²) >= 11 is 0. The Morgan fingerprint density at radius 3 is 2.55 bits per heavy atom. The van der Waals surface area contributed by atoms with Crippen molar-refractivity contribution in [2.45, 2.75) is 71.0 Å². The predicted octanol–water partition coefficient (Wildman–Crippen LogP) is 2.74. The van der Waals surface area contributed by atoms with Crippen molar-refractivity contribution in [3.05, 3.63) is 0 Å². The normalized spacial score (nSPS) is 22.3. The van der Waals surface area contributed by atoms with Crippen LogP contribution in [0.3, 0.4) is 0 Å². The van der Waals surface area contributed by atoms with Gasteiger partial charge in [0.2, 0.25) is 0 Å². The summed E-state index contributed by atoms with van der Waals surface area (Å²) in [6, 6.07) is 0. The number of carboxylic acid groups (broad SMARTS) is 1. The second-order valence-electron chi connectivity index (χ2n) is 6.30. The summed E-state index contributed by atoms with van der Waals surface area (Å²) in [6.07, 6.45) is 3.92. The minimum Gasteiger partial charge on any atom is -0.481 e. The Labute approximate surface area is 132 Å². The lowest BCUT2D eigenvalue weighted by molar-refractivity contribution is -0.163. The molecular weight excluding hydrogens is 288 g/mol. The van der Waals surface area contributed by atoms with E-state index in [1.54, 1.807) is 0 Å². The predicted molar refractivity (Wildman–Crippen MR) is 80.4 cm³/mol. The van der Waals surface area contributed by atoms with Gasteiger partial charge in [-0.1, -0.05) is 19.8 Å². The molecule has 0 bridgehead atoms. The molecular formula is C16H28O6. The molecule has 2 unspecified atom stereocenters. The van der Waals surface area contributed by atoms with Gasteiger partial charge in [0, 0.05) is 0 Å². The van der Waals surface area contributed by atoms with Crippen molar-refractivity contribution in [2.75, 3.05) is 13.4 Å². The van der Waals surface area contributed by atoms with Crippen LogP contribution in [0.5, 0.6) is 0 Å². The van der Waals surface area contributed by atoms with Gasteiger partial charge >= 0.3 is 11.9 Å². The molecule has 22 heavy (non-hydrogen) atoms. The summed E-state index contributed by atoms with van der Waals surface area (Å²) in [4.78, 5) is 22.7. The lowest BCUT2D eigenvalue weighted by Gasteiger charge is -2.28. The lowest BCUT2D eigenvalue weighted by Crippen LogP contribution is -2.34. The first-order valence-electron chi connectivity index (χ1n) is 7.99. The summed E-state index contributed by atoms with van der Waals surface area (Å²) < 4.78 is 16.1. The van der Waals surface area contributed by atoms with Gasteiger partial charge in [-0.25, -0.2) is 0 Å². The summed E-state index contributed by atoms with van der Waals surface area (Å²) in [6.45, 7) is 5.91. The van der Waals surface area contributed by atoms with Crippen molar-refractivity contribution < 1.29 is 28.9 Å². The summed E-state index contributed by atoms with van der Waals surface area (Å²) in [7, 11) is 0. The second kappa shape index (κ2) is 9.10. The Hall–Kier alpha value is -1.14. The van der Waals surface area contributed by atoms with Crippen molar-refractivity contribution >= 4 is 11.9 Å². The molecule has 0 aromatic rings. The third-order valence-corrected chi connectivity index (χ3v) is 4.08. The number of carbonyl (C=O) groups excluding carboxylic acids is 1. The lowest BCUT2D eigenvalue weighted by atomic mass is 9.86. The Kier molecular flexibility index (Phi) is 7.82. The number of hydrogen-bond acceptors (Lipinski definition) is 5. The van der Waals surface area contributed by atoms with Crippen LogP contribution in [-0.2, 0) is 23.8 Å². The van der Waals surface area contributed by atoms with Gasteiger partial charge in [-0.05, 0) is 33.1 Å². The summed E-state index contributed by atoms with van der Waals surface area (Å²) in [5.74, 6) is -1.56. The summed E-state index contributed by atoms with van der Waals surface area (Å²) in [5, 5.41) is 9.13. The van der Waals surface area contributed by atoms with E-state index in [1.807, 2.05) is 20.8 Å². The van der Waals surface area contributed by atoms with Crippen molar-refractivity contribution in [3.63, 3.8) is 0 Å². The monoisotopic (exact) mass is 316 g/mol. The van der Waals surface area contributed by atoms with Crippen LogP contribution in [0.1, 0.15) is 59.3 Å². The molecule has 1 aliphatic carbocycles. The van der Waals surface area contributed by atoms with Gasteiger partial charge in [0.15, 0.2) is 0 Å². The van der Waals surface area contributed by atoms with E-state index in [1.165, 1.54) is 0 Å². The van der Waals surface area contributed by atoms with Crippen LogP contribution in [0.25, 0.3) is 0 Å². The molecule has 1 saturated carbocycles. The Morgan fingerprint density at radius 1 is 1.23 bits per heavy atom. The standard InChI is InChI=1S/C16H28O6/c1-4-16(2,3)22-14(17)9-10-20-11-21-13-8-6-5-7-12(13)15(18)19/h12-13H,4-11H2,1-3H3,(H,18,19). The van der Waals surface area contributed by atoms with Crippen molar-refractivity contribution in [2.24, 2.45) is 5.92 Å². The highest BCUT2D eigenvalue weighted by Crippen LogP contribution is 2.27. The van der Waals surface area contributed by atoms with E-state index in [9.17, 15) is 9.59 Å². The maximum absolute atomic E-state index is 11.6. The van der Waals surface area contributed by atoms with E-state index >= 15 is 0 Å². The first-order chi connectivity index (χ1) is 10.4. The van der Waals surface area contributed by atoms with Gasteiger partial charge in [0.1, 0.15) is 12.4 Å². The van der Waals surface area contributed by atoms with Crippen molar-refractivity contribution in [3.8, 4) is 0 Å². The molecule has 2 atom stereocenters. The van der Waals surface area contributed by atoms with E-state index in [0.717, 1.165) is 25.7 Å². The molecule has 6 nitrogen and oxygen atoms in total. The fourth-order valence-electron chi connectivity index (χ4n) is 2.36. The molecule has 6 heteroatoms. The first-order valence-corrected chi connectivity index (χ1v) is 7.99. The van der Waals surface area contributed by atoms with E-state index in [2.05, 4.69) is 0 Å². The third kappa shape index (κ3) is 6.75. The molecule has 0 radical (unpaired) electrons. The fourth-order valence-corrected chi connectivity index (χ4v) is 2.36. The number of rotatable bonds is 9. The van der Waals surface area contributed by atoms with Crippen LogP contribution in [0, 0.1) is 5.92 Å². The Morgan fingerprint density at radius 2 is 1.91 bits per heavy atom. The van der Waals surface area contributed by atoms with E-state index in [4.69, 9.17) is 19.3 Å². The minimum atomic E-state index is -0.810. The van der Waals surface area contributed by atoms with Gasteiger partial charge in [-0.2, -0.15) is 0 Å². The van der Waals surface area contributed by atoms with Crippen LogP contribution in [0.15, 0.2) is 0 Å². The van der Waals surface area contributed by atoms with Crippen molar-refractivity contribution in [1.29, 1.82) is 0 Å². The van der Waals surface area contributed by atoms with E-state index in [0.29, 0.717) is 6.42 Å². The van der Waals surface area contributed by atoms with E-state index in [-0.39, 0.29) is 31.9 Å². The zero-order valence-corrected chi connectivity index (χ0v) is 13.8. The highest BCUT2D eigenvalue weighted by atomic mass is 16.7. The van der Waals surface area contributed by atoms with Gasteiger partial charge in [0.05, 0.1) is 25.0 Å². The Bertz CT molecular complexity index is 366. The Balaban J connectivity index is 2.17. The highest BCUT2D eigenvalue weighted by molar-refractivity contribution is 5.71. The average Bonchev–Trinajstić information content (AvgIpc) is 2.46. The molecule has 1 aliphatic rings. The zero-order valence-electron chi connectivity index (χ0n) is 13.8. The molecule has 1 N–H and O–H groups in total. The molecule has 0 aliphatic heterocycles. The van der Waals surface area contributed by atoms with Crippen molar-refractivity contribution in [1.82, 2.24) is 0 Å². The molecule has 0 saturated heterocycles. The number of hydrogen-bond donors (Lipinski definition) is 1. The number of aliphatic carboxylic acids is 1. The zero-order chi connectivity index (χ0) is 16.6. The van der Waals surface area contributed by atoms with Crippen LogP contribution in [0.2, 0.25) is 0 Å². The number of carboxylic acids is 1. The number of esters is 1. The van der Waals surface area contributed by atoms with Gasteiger partial charge in [-0.3, -0.25) is 9.59 Å². The molecule has 128 valence electrons. The highest BCUT2D eigenvalue weighted by Gasteiger charge is 2.31.